The first-order chi connectivity index (χ1) is 12.1. The number of carbonyl (C=O) groups excluding carboxylic acids is 1. The van der Waals surface area contributed by atoms with Crippen molar-refractivity contribution in [1.29, 1.82) is 0 Å². The maximum absolute atomic E-state index is 11.4. The second-order valence-corrected chi connectivity index (χ2v) is 6.82. The summed E-state index contributed by atoms with van der Waals surface area (Å²) in [6.45, 7) is 2.11. The minimum absolute atomic E-state index is 0.312. The minimum Gasteiger partial charge on any atom is -0.453 e. The van der Waals surface area contributed by atoms with Crippen LogP contribution < -0.4 is 5.32 Å². The molecule has 3 rings (SSSR count). The number of aliphatic hydroxyl groups is 1. The SMILES string of the molecule is CCCCC(O)(c1ccc2nc(NC(=O)OC)[nH]c2c1)c1cccs1. The van der Waals surface area contributed by atoms with Gasteiger partial charge in [-0.25, -0.2) is 9.78 Å². The Hall–Kier alpha value is -2.38. The van der Waals surface area contributed by atoms with E-state index in [1.807, 2.05) is 35.7 Å². The Morgan fingerprint density at radius 1 is 1.44 bits per heavy atom. The fraction of sp³-hybridized carbons (Fsp3) is 0.333. The molecular weight excluding hydrogens is 338 g/mol. The molecule has 1 atom stereocenters. The monoisotopic (exact) mass is 359 g/mol. The molecule has 132 valence electrons. The summed E-state index contributed by atoms with van der Waals surface area (Å²) in [6, 6.07) is 9.53. The molecular formula is C18H21N3O3S. The number of H-pyrrole nitrogens is 1. The zero-order valence-electron chi connectivity index (χ0n) is 14.2. The fourth-order valence-electron chi connectivity index (χ4n) is 2.83. The number of aromatic amines is 1. The second kappa shape index (κ2) is 7.25. The van der Waals surface area contributed by atoms with Crippen molar-refractivity contribution in [2.75, 3.05) is 12.4 Å². The molecule has 0 radical (unpaired) electrons. The van der Waals surface area contributed by atoms with E-state index in [9.17, 15) is 9.90 Å². The Morgan fingerprint density at radius 3 is 2.96 bits per heavy atom. The van der Waals surface area contributed by atoms with Crippen LogP contribution in [0.5, 0.6) is 0 Å². The van der Waals surface area contributed by atoms with Crippen molar-refractivity contribution in [3.05, 3.63) is 46.2 Å². The van der Waals surface area contributed by atoms with Gasteiger partial charge in [0.05, 0.1) is 18.1 Å². The van der Waals surface area contributed by atoms with Crippen LogP contribution in [0.15, 0.2) is 35.7 Å². The molecule has 1 amide bonds. The molecule has 1 unspecified atom stereocenters. The molecule has 0 saturated heterocycles. The van der Waals surface area contributed by atoms with Crippen LogP contribution in [0, 0.1) is 0 Å². The summed E-state index contributed by atoms with van der Waals surface area (Å²) < 4.78 is 4.57. The van der Waals surface area contributed by atoms with Crippen LogP contribution in [0.1, 0.15) is 36.6 Å². The quantitative estimate of drug-likeness (QED) is 0.615. The number of unbranched alkanes of at least 4 members (excludes halogenated alkanes) is 1. The van der Waals surface area contributed by atoms with Gasteiger partial charge in [-0.05, 0) is 35.6 Å². The highest BCUT2D eigenvalue weighted by atomic mass is 32.1. The van der Waals surface area contributed by atoms with E-state index in [2.05, 4.69) is 26.9 Å². The molecule has 2 aromatic heterocycles. The van der Waals surface area contributed by atoms with Crippen molar-refractivity contribution < 1.29 is 14.6 Å². The van der Waals surface area contributed by atoms with Gasteiger partial charge in [0.1, 0.15) is 5.60 Å². The fourth-order valence-corrected chi connectivity index (χ4v) is 3.71. The summed E-state index contributed by atoms with van der Waals surface area (Å²) in [7, 11) is 1.30. The second-order valence-electron chi connectivity index (χ2n) is 5.88. The van der Waals surface area contributed by atoms with E-state index in [4.69, 9.17) is 0 Å². The van der Waals surface area contributed by atoms with Gasteiger partial charge in [0.15, 0.2) is 0 Å². The highest BCUT2D eigenvalue weighted by Crippen LogP contribution is 2.38. The number of fused-ring (bicyclic) bond motifs is 1. The van der Waals surface area contributed by atoms with Crippen LogP contribution in [0.25, 0.3) is 11.0 Å². The standard InChI is InChI=1S/C18H21N3O3S/c1-3-4-9-18(23,15-6-5-10-25-15)12-7-8-13-14(11-12)20-16(19-13)21-17(22)24-2/h5-8,10-11,23H,3-4,9H2,1-2H3,(H2,19,20,21,22). The molecule has 0 fully saturated rings. The molecule has 3 aromatic rings. The number of hydrogen-bond donors (Lipinski definition) is 3. The smallest absolute Gasteiger partial charge is 0.413 e. The summed E-state index contributed by atoms with van der Waals surface area (Å²) in [6.07, 6.45) is 1.99. The van der Waals surface area contributed by atoms with Crippen LogP contribution in [0.3, 0.4) is 0 Å². The lowest BCUT2D eigenvalue weighted by atomic mass is 9.87. The van der Waals surface area contributed by atoms with Crippen LogP contribution in [0.4, 0.5) is 10.7 Å². The highest BCUT2D eigenvalue weighted by Gasteiger charge is 2.32. The Kier molecular flexibility index (Phi) is 5.06. The summed E-state index contributed by atoms with van der Waals surface area (Å²) in [4.78, 5) is 19.6. The lowest BCUT2D eigenvalue weighted by Crippen LogP contribution is -2.26. The zero-order chi connectivity index (χ0) is 17.9. The van der Waals surface area contributed by atoms with E-state index in [1.165, 1.54) is 7.11 Å². The predicted molar refractivity (Wildman–Crippen MR) is 99.0 cm³/mol. The topological polar surface area (TPSA) is 87.2 Å². The van der Waals surface area contributed by atoms with E-state index in [-0.39, 0.29) is 0 Å². The number of amides is 1. The normalized spacial score (nSPS) is 13.6. The average molecular weight is 359 g/mol. The number of methoxy groups -OCH3 is 1. The van der Waals surface area contributed by atoms with Crippen LogP contribution in [-0.4, -0.2) is 28.3 Å². The predicted octanol–water partition coefficient (Wildman–Crippen LogP) is 4.23. The van der Waals surface area contributed by atoms with E-state index in [0.29, 0.717) is 17.9 Å². The van der Waals surface area contributed by atoms with Gasteiger partial charge < -0.3 is 14.8 Å². The minimum atomic E-state index is -1.03. The van der Waals surface area contributed by atoms with Crippen LogP contribution >= 0.6 is 11.3 Å². The Balaban J connectivity index is 1.99. The number of imidazole rings is 1. The van der Waals surface area contributed by atoms with Crippen LogP contribution in [0.2, 0.25) is 0 Å². The maximum atomic E-state index is 11.4. The van der Waals surface area contributed by atoms with Crippen molar-refractivity contribution >= 4 is 34.4 Å². The van der Waals surface area contributed by atoms with Gasteiger partial charge in [-0.15, -0.1) is 11.3 Å². The third-order valence-corrected chi connectivity index (χ3v) is 5.21. The number of thiophene rings is 1. The zero-order valence-corrected chi connectivity index (χ0v) is 15.0. The molecule has 1 aromatic carbocycles. The van der Waals surface area contributed by atoms with Gasteiger partial charge in [-0.3, -0.25) is 5.32 Å². The molecule has 0 aliphatic carbocycles. The van der Waals surface area contributed by atoms with Gasteiger partial charge in [0.25, 0.3) is 0 Å². The van der Waals surface area contributed by atoms with E-state index in [0.717, 1.165) is 28.8 Å². The maximum Gasteiger partial charge on any atom is 0.413 e. The van der Waals surface area contributed by atoms with E-state index in [1.54, 1.807) is 11.3 Å². The molecule has 6 nitrogen and oxygen atoms in total. The first-order valence-electron chi connectivity index (χ1n) is 8.18. The summed E-state index contributed by atoms with van der Waals surface area (Å²) in [5.41, 5.74) is 1.23. The van der Waals surface area contributed by atoms with Crippen molar-refractivity contribution in [3.63, 3.8) is 0 Å². The molecule has 3 N–H and O–H groups in total. The van der Waals surface area contributed by atoms with Crippen molar-refractivity contribution in [3.8, 4) is 0 Å². The third-order valence-electron chi connectivity index (χ3n) is 4.19. The lowest BCUT2D eigenvalue weighted by molar-refractivity contribution is 0.0724. The van der Waals surface area contributed by atoms with Gasteiger partial charge in [0.2, 0.25) is 5.95 Å². The van der Waals surface area contributed by atoms with Crippen LogP contribution in [-0.2, 0) is 10.3 Å². The largest absolute Gasteiger partial charge is 0.453 e. The van der Waals surface area contributed by atoms with Gasteiger partial charge >= 0.3 is 6.09 Å². The number of hydrogen-bond acceptors (Lipinski definition) is 5. The Bertz CT molecular complexity index is 860. The summed E-state index contributed by atoms with van der Waals surface area (Å²) >= 11 is 1.55. The molecule has 0 aliphatic heterocycles. The number of rotatable bonds is 6. The lowest BCUT2D eigenvalue weighted by Gasteiger charge is -2.27. The number of ether oxygens (including phenoxy) is 1. The molecule has 25 heavy (non-hydrogen) atoms. The van der Waals surface area contributed by atoms with Gasteiger partial charge in [-0.1, -0.05) is 31.9 Å². The van der Waals surface area contributed by atoms with Crippen molar-refractivity contribution in [1.82, 2.24) is 9.97 Å². The van der Waals surface area contributed by atoms with Crippen molar-refractivity contribution in [2.24, 2.45) is 0 Å². The number of carbonyl (C=O) groups is 1. The highest BCUT2D eigenvalue weighted by molar-refractivity contribution is 7.10. The summed E-state index contributed by atoms with van der Waals surface area (Å²) in [5.74, 6) is 0.312. The first-order valence-corrected chi connectivity index (χ1v) is 9.06. The average Bonchev–Trinajstić information content (AvgIpc) is 3.28. The molecule has 2 heterocycles. The number of benzene rings is 1. The van der Waals surface area contributed by atoms with Gasteiger partial charge in [0, 0.05) is 4.88 Å². The molecule has 0 bridgehead atoms. The number of aromatic nitrogens is 2. The summed E-state index contributed by atoms with van der Waals surface area (Å²) in [5, 5.41) is 15.9. The number of anilines is 1. The molecule has 0 aliphatic rings. The Labute approximate surface area is 149 Å². The van der Waals surface area contributed by atoms with Gasteiger partial charge in [-0.2, -0.15) is 0 Å². The third kappa shape index (κ3) is 3.52. The number of nitrogens with zero attached hydrogens (tertiary/aromatic N) is 1. The molecule has 7 heteroatoms. The first kappa shape index (κ1) is 17.4. The molecule has 0 spiro atoms. The number of nitrogens with one attached hydrogen (secondary N) is 2. The Morgan fingerprint density at radius 2 is 2.28 bits per heavy atom. The van der Waals surface area contributed by atoms with E-state index >= 15 is 0 Å². The van der Waals surface area contributed by atoms with E-state index < -0.39 is 11.7 Å². The van der Waals surface area contributed by atoms with Crippen molar-refractivity contribution in [2.45, 2.75) is 31.8 Å². The molecule has 0 saturated carbocycles.